The van der Waals surface area contributed by atoms with Gasteiger partial charge in [0.25, 0.3) is 0 Å². The van der Waals surface area contributed by atoms with Crippen LogP contribution in [0.4, 0.5) is 4.79 Å². The van der Waals surface area contributed by atoms with E-state index in [1.54, 1.807) is 11.0 Å². The van der Waals surface area contributed by atoms with Gasteiger partial charge < -0.3 is 9.64 Å². The number of piperidine rings is 1. The molecule has 0 N–H and O–H groups in total. The fraction of sp³-hybridized carbons (Fsp3) is 0.526. The van der Waals surface area contributed by atoms with Crippen LogP contribution in [0.25, 0.3) is 11.0 Å². The van der Waals surface area contributed by atoms with Crippen LogP contribution in [0, 0.1) is 0 Å². The number of aromatic nitrogens is 2. The lowest BCUT2D eigenvalue weighted by molar-refractivity contribution is 0.0198. The van der Waals surface area contributed by atoms with Gasteiger partial charge in [0.15, 0.2) is 0 Å². The number of carbonyl (C=O) groups is 2. The van der Waals surface area contributed by atoms with Gasteiger partial charge in [-0.25, -0.2) is 9.78 Å². The Hall–Kier alpha value is -2.08. The second-order valence-electron chi connectivity index (χ2n) is 7.74. The van der Waals surface area contributed by atoms with E-state index in [-0.39, 0.29) is 17.9 Å². The van der Waals surface area contributed by atoms with E-state index in [4.69, 9.17) is 16.3 Å². The molecule has 1 atom stereocenters. The molecule has 2 aromatic heterocycles. The maximum atomic E-state index is 12.4. The van der Waals surface area contributed by atoms with Crippen LogP contribution in [0.5, 0.6) is 0 Å². The van der Waals surface area contributed by atoms with Gasteiger partial charge in [0, 0.05) is 37.5 Å². The molecular formula is C19H24ClN3O3. The van der Waals surface area contributed by atoms with Crippen molar-refractivity contribution in [2.24, 2.45) is 0 Å². The van der Waals surface area contributed by atoms with Gasteiger partial charge in [0.05, 0.1) is 0 Å². The second kappa shape index (κ2) is 6.91. The van der Waals surface area contributed by atoms with Gasteiger partial charge in [-0.15, -0.1) is 0 Å². The molecule has 7 heteroatoms. The van der Waals surface area contributed by atoms with Crippen molar-refractivity contribution in [3.05, 3.63) is 29.0 Å². The molecule has 1 unspecified atom stereocenters. The quantitative estimate of drug-likeness (QED) is 0.688. The van der Waals surface area contributed by atoms with E-state index in [9.17, 15) is 9.59 Å². The summed E-state index contributed by atoms with van der Waals surface area (Å²) in [6.07, 6.45) is 3.37. The van der Waals surface area contributed by atoms with Gasteiger partial charge in [0.2, 0.25) is 5.91 Å². The van der Waals surface area contributed by atoms with Crippen molar-refractivity contribution in [2.75, 3.05) is 13.1 Å². The minimum Gasteiger partial charge on any atom is -0.444 e. The molecule has 1 amide bonds. The number of likely N-dealkylation sites (tertiary alicyclic amines) is 1. The highest BCUT2D eigenvalue weighted by Gasteiger charge is 2.30. The summed E-state index contributed by atoms with van der Waals surface area (Å²) < 4.78 is 7.04. The van der Waals surface area contributed by atoms with E-state index >= 15 is 0 Å². The molecule has 2 aromatic rings. The summed E-state index contributed by atoms with van der Waals surface area (Å²) in [5.74, 6) is 0.0122. The molecule has 0 saturated carbocycles. The minimum absolute atomic E-state index is 0.115. The van der Waals surface area contributed by atoms with Crippen molar-refractivity contribution >= 4 is 34.6 Å². The average molecular weight is 378 g/mol. The van der Waals surface area contributed by atoms with E-state index in [1.807, 2.05) is 33.0 Å². The first-order chi connectivity index (χ1) is 12.2. The standard InChI is InChI=1S/C19H24ClN3O3/c1-12(24)23-11-15(14-7-8-16(20)21-17(14)23)13-6-5-9-22(10-13)18(25)26-19(2,3)4/h7-8,11,13H,5-6,9-10H2,1-4H3. The van der Waals surface area contributed by atoms with E-state index in [0.717, 1.165) is 23.8 Å². The Morgan fingerprint density at radius 2 is 2.04 bits per heavy atom. The lowest BCUT2D eigenvalue weighted by atomic mass is 9.91. The SMILES string of the molecule is CC(=O)n1cc(C2CCCN(C(=O)OC(C)(C)C)C2)c2ccc(Cl)nc21. The fourth-order valence-corrected chi connectivity index (χ4v) is 3.54. The molecule has 3 heterocycles. The third-order valence-corrected chi connectivity index (χ3v) is 4.71. The number of nitrogens with zero attached hydrogens (tertiary/aromatic N) is 3. The molecule has 3 rings (SSSR count). The molecule has 1 aliphatic heterocycles. The summed E-state index contributed by atoms with van der Waals surface area (Å²) in [6.45, 7) is 8.34. The lowest BCUT2D eigenvalue weighted by Crippen LogP contribution is -2.42. The van der Waals surface area contributed by atoms with E-state index in [2.05, 4.69) is 4.98 Å². The molecule has 1 fully saturated rings. The summed E-state index contributed by atoms with van der Waals surface area (Å²) >= 11 is 6.01. The second-order valence-corrected chi connectivity index (χ2v) is 8.13. The van der Waals surface area contributed by atoms with Crippen LogP contribution in [0.3, 0.4) is 0 Å². The smallest absolute Gasteiger partial charge is 0.410 e. The molecule has 0 aliphatic carbocycles. The lowest BCUT2D eigenvalue weighted by Gasteiger charge is -2.34. The van der Waals surface area contributed by atoms with E-state index in [1.165, 1.54) is 11.5 Å². The number of fused-ring (bicyclic) bond motifs is 1. The highest BCUT2D eigenvalue weighted by molar-refractivity contribution is 6.29. The topological polar surface area (TPSA) is 64.4 Å². The summed E-state index contributed by atoms with van der Waals surface area (Å²) in [5.41, 5.74) is 1.07. The van der Waals surface area contributed by atoms with Gasteiger partial charge in [-0.2, -0.15) is 0 Å². The van der Waals surface area contributed by atoms with E-state index < -0.39 is 5.60 Å². The first-order valence-corrected chi connectivity index (χ1v) is 9.20. The van der Waals surface area contributed by atoms with Crippen molar-refractivity contribution in [2.45, 2.75) is 52.1 Å². The normalized spacial score (nSPS) is 18.2. The third-order valence-electron chi connectivity index (χ3n) is 4.50. The number of hydrogen-bond donors (Lipinski definition) is 0. The third kappa shape index (κ3) is 3.85. The molecule has 1 aliphatic rings. The molecule has 0 spiro atoms. The fourth-order valence-electron chi connectivity index (χ4n) is 3.39. The van der Waals surface area contributed by atoms with Crippen molar-refractivity contribution in [3.8, 4) is 0 Å². The summed E-state index contributed by atoms with van der Waals surface area (Å²) in [4.78, 5) is 30.5. The number of hydrogen-bond acceptors (Lipinski definition) is 4. The van der Waals surface area contributed by atoms with Crippen molar-refractivity contribution < 1.29 is 14.3 Å². The number of pyridine rings is 1. The first-order valence-electron chi connectivity index (χ1n) is 8.82. The predicted molar refractivity (Wildman–Crippen MR) is 101 cm³/mol. The molecule has 26 heavy (non-hydrogen) atoms. The van der Waals surface area contributed by atoms with Crippen LogP contribution in [0.1, 0.15) is 56.8 Å². The van der Waals surface area contributed by atoms with Crippen LogP contribution < -0.4 is 0 Å². The summed E-state index contributed by atoms with van der Waals surface area (Å²) in [5, 5.41) is 1.25. The minimum atomic E-state index is -0.519. The van der Waals surface area contributed by atoms with Gasteiger partial charge in [-0.1, -0.05) is 11.6 Å². The zero-order valence-corrected chi connectivity index (χ0v) is 16.3. The largest absolute Gasteiger partial charge is 0.444 e. The van der Waals surface area contributed by atoms with Gasteiger partial charge in [-0.05, 0) is 51.3 Å². The zero-order chi connectivity index (χ0) is 19.1. The summed E-state index contributed by atoms with van der Waals surface area (Å²) in [7, 11) is 0. The average Bonchev–Trinajstić information content (AvgIpc) is 2.92. The van der Waals surface area contributed by atoms with Crippen LogP contribution in [-0.2, 0) is 4.74 Å². The number of rotatable bonds is 1. The Morgan fingerprint density at radius 3 is 2.69 bits per heavy atom. The van der Waals surface area contributed by atoms with Crippen LogP contribution in [0.2, 0.25) is 5.15 Å². The molecule has 1 saturated heterocycles. The number of halogens is 1. The molecule has 140 valence electrons. The monoisotopic (exact) mass is 377 g/mol. The van der Waals surface area contributed by atoms with Gasteiger partial charge in [-0.3, -0.25) is 9.36 Å². The highest BCUT2D eigenvalue weighted by atomic mass is 35.5. The Kier molecular flexibility index (Phi) is 4.97. The maximum absolute atomic E-state index is 12.4. The predicted octanol–water partition coefficient (Wildman–Crippen LogP) is 4.46. The zero-order valence-electron chi connectivity index (χ0n) is 15.6. The first kappa shape index (κ1) is 18.7. The molecule has 0 radical (unpaired) electrons. The Morgan fingerprint density at radius 1 is 1.31 bits per heavy atom. The molecule has 0 aromatic carbocycles. The Labute approximate surface area is 158 Å². The van der Waals surface area contributed by atoms with E-state index in [0.29, 0.717) is 23.9 Å². The van der Waals surface area contributed by atoms with Crippen LogP contribution >= 0.6 is 11.6 Å². The van der Waals surface area contributed by atoms with Crippen molar-refractivity contribution in [1.29, 1.82) is 0 Å². The maximum Gasteiger partial charge on any atom is 0.410 e. The Balaban J connectivity index is 1.91. The summed E-state index contributed by atoms with van der Waals surface area (Å²) in [6, 6.07) is 3.62. The number of ether oxygens (including phenoxy) is 1. The van der Waals surface area contributed by atoms with Gasteiger partial charge in [0.1, 0.15) is 16.4 Å². The number of carbonyl (C=O) groups excluding carboxylic acids is 2. The van der Waals surface area contributed by atoms with Crippen LogP contribution in [-0.4, -0.2) is 45.1 Å². The van der Waals surface area contributed by atoms with Crippen molar-refractivity contribution in [1.82, 2.24) is 14.5 Å². The van der Waals surface area contributed by atoms with Gasteiger partial charge >= 0.3 is 6.09 Å². The highest BCUT2D eigenvalue weighted by Crippen LogP contribution is 2.34. The van der Waals surface area contributed by atoms with Crippen LogP contribution in [0.15, 0.2) is 18.3 Å². The molecule has 0 bridgehead atoms. The number of amides is 1. The Bertz CT molecular complexity index is 854. The van der Waals surface area contributed by atoms with Crippen molar-refractivity contribution in [3.63, 3.8) is 0 Å². The molecular weight excluding hydrogens is 354 g/mol. The molecule has 6 nitrogen and oxygen atoms in total.